The third-order valence-electron chi connectivity index (χ3n) is 4.27. The molecule has 1 saturated heterocycles. The number of piperidine rings is 1. The number of anilines is 1. The van der Waals surface area contributed by atoms with Crippen molar-refractivity contribution >= 4 is 5.69 Å². The van der Waals surface area contributed by atoms with Gasteiger partial charge in [-0.05, 0) is 48.9 Å². The zero-order valence-electron chi connectivity index (χ0n) is 13.1. The van der Waals surface area contributed by atoms with Crippen LogP contribution < -0.4 is 10.2 Å². The largest absolute Gasteiger partial charge is 0.383 e. The summed E-state index contributed by atoms with van der Waals surface area (Å²) in [5.41, 5.74) is 4.15. The Morgan fingerprint density at radius 2 is 2.05 bits per heavy atom. The summed E-state index contributed by atoms with van der Waals surface area (Å²) < 4.78 is 5.05. The maximum absolute atomic E-state index is 5.05. The van der Waals surface area contributed by atoms with Crippen LogP contribution in [-0.4, -0.2) is 33.4 Å². The molecule has 0 bridgehead atoms. The van der Waals surface area contributed by atoms with E-state index in [9.17, 15) is 0 Å². The molecule has 0 saturated carbocycles. The number of hydrogen-bond acceptors (Lipinski definition) is 3. The predicted molar refractivity (Wildman–Crippen MR) is 85.4 cm³/mol. The second kappa shape index (κ2) is 7.65. The fourth-order valence-corrected chi connectivity index (χ4v) is 2.74. The van der Waals surface area contributed by atoms with Crippen molar-refractivity contribution in [2.45, 2.75) is 33.2 Å². The summed E-state index contributed by atoms with van der Waals surface area (Å²) in [4.78, 5) is 2.52. The lowest BCUT2D eigenvalue weighted by Gasteiger charge is -2.32. The van der Waals surface area contributed by atoms with Crippen LogP contribution in [-0.2, 0) is 11.3 Å². The van der Waals surface area contributed by atoms with E-state index in [1.165, 1.54) is 42.7 Å². The highest BCUT2D eigenvalue weighted by atomic mass is 16.5. The molecule has 1 aromatic carbocycles. The van der Waals surface area contributed by atoms with E-state index < -0.39 is 0 Å². The van der Waals surface area contributed by atoms with E-state index in [-0.39, 0.29) is 0 Å². The second-order valence-electron chi connectivity index (χ2n) is 5.95. The quantitative estimate of drug-likeness (QED) is 0.809. The third-order valence-corrected chi connectivity index (χ3v) is 4.27. The van der Waals surface area contributed by atoms with Crippen molar-refractivity contribution in [1.29, 1.82) is 0 Å². The van der Waals surface area contributed by atoms with Crippen LogP contribution in [0.1, 0.15) is 30.9 Å². The maximum atomic E-state index is 5.05. The molecule has 2 rings (SSSR count). The van der Waals surface area contributed by atoms with Crippen molar-refractivity contribution in [2.75, 3.05) is 38.3 Å². The molecule has 0 unspecified atom stereocenters. The molecule has 1 aliphatic heterocycles. The van der Waals surface area contributed by atoms with Gasteiger partial charge in [-0.15, -0.1) is 0 Å². The van der Waals surface area contributed by atoms with Crippen molar-refractivity contribution < 1.29 is 4.74 Å². The second-order valence-corrected chi connectivity index (χ2v) is 5.95. The Kier molecular flexibility index (Phi) is 5.86. The summed E-state index contributed by atoms with van der Waals surface area (Å²) in [5, 5.41) is 3.41. The zero-order chi connectivity index (χ0) is 14.4. The van der Waals surface area contributed by atoms with Gasteiger partial charge in [0.2, 0.25) is 0 Å². The molecule has 20 heavy (non-hydrogen) atoms. The Hall–Kier alpha value is -1.06. The van der Waals surface area contributed by atoms with Gasteiger partial charge in [0.05, 0.1) is 6.61 Å². The summed E-state index contributed by atoms with van der Waals surface area (Å²) >= 11 is 0. The van der Waals surface area contributed by atoms with E-state index >= 15 is 0 Å². The molecule has 1 heterocycles. The first-order chi connectivity index (χ1) is 9.70. The van der Waals surface area contributed by atoms with E-state index in [1.54, 1.807) is 7.11 Å². The molecule has 0 radical (unpaired) electrons. The third kappa shape index (κ3) is 4.22. The number of hydrogen-bond donors (Lipinski definition) is 1. The predicted octanol–water partition coefficient (Wildman–Crippen LogP) is 2.97. The number of benzene rings is 1. The van der Waals surface area contributed by atoms with Crippen LogP contribution in [0.5, 0.6) is 0 Å². The van der Waals surface area contributed by atoms with Crippen molar-refractivity contribution in [1.82, 2.24) is 5.32 Å². The maximum Gasteiger partial charge on any atom is 0.0587 e. The van der Waals surface area contributed by atoms with Gasteiger partial charge in [-0.1, -0.05) is 13.0 Å². The van der Waals surface area contributed by atoms with Crippen molar-refractivity contribution in [3.8, 4) is 0 Å². The number of methoxy groups -OCH3 is 1. The monoisotopic (exact) mass is 276 g/mol. The molecule has 1 N–H and O–H groups in total. The summed E-state index contributed by atoms with van der Waals surface area (Å²) in [5.74, 6) is 0.886. The minimum absolute atomic E-state index is 0.767. The minimum Gasteiger partial charge on any atom is -0.383 e. The summed E-state index contributed by atoms with van der Waals surface area (Å²) in [6.45, 7) is 9.57. The smallest absolute Gasteiger partial charge is 0.0587 e. The molecule has 1 aliphatic rings. The van der Waals surface area contributed by atoms with Gasteiger partial charge < -0.3 is 15.0 Å². The van der Waals surface area contributed by atoms with Crippen LogP contribution in [0.3, 0.4) is 0 Å². The highest BCUT2D eigenvalue weighted by Gasteiger charge is 2.16. The fraction of sp³-hybridized carbons (Fsp3) is 0.647. The number of ether oxygens (including phenoxy) is 1. The number of nitrogens with zero attached hydrogens (tertiary/aromatic N) is 1. The number of nitrogens with one attached hydrogen (secondary N) is 1. The molecule has 0 spiro atoms. The van der Waals surface area contributed by atoms with Gasteiger partial charge in [0.1, 0.15) is 0 Å². The molecule has 1 fully saturated rings. The van der Waals surface area contributed by atoms with E-state index in [1.807, 2.05) is 0 Å². The average Bonchev–Trinajstić information content (AvgIpc) is 2.46. The molecule has 0 aromatic heterocycles. The van der Waals surface area contributed by atoms with E-state index in [4.69, 9.17) is 4.74 Å². The van der Waals surface area contributed by atoms with Crippen LogP contribution in [0.4, 0.5) is 5.69 Å². The van der Waals surface area contributed by atoms with Crippen molar-refractivity contribution in [2.24, 2.45) is 5.92 Å². The van der Waals surface area contributed by atoms with Crippen LogP contribution in [0.15, 0.2) is 18.2 Å². The molecule has 3 nitrogen and oxygen atoms in total. The van der Waals surface area contributed by atoms with Gasteiger partial charge in [-0.2, -0.15) is 0 Å². The normalized spacial score (nSPS) is 16.6. The van der Waals surface area contributed by atoms with Crippen LogP contribution >= 0.6 is 0 Å². The number of rotatable bonds is 6. The molecular weight excluding hydrogens is 248 g/mol. The first-order valence-corrected chi connectivity index (χ1v) is 7.75. The van der Waals surface area contributed by atoms with Crippen LogP contribution in [0, 0.1) is 12.8 Å². The zero-order valence-corrected chi connectivity index (χ0v) is 13.1. The molecule has 3 heteroatoms. The van der Waals surface area contributed by atoms with Gasteiger partial charge in [0.25, 0.3) is 0 Å². The topological polar surface area (TPSA) is 24.5 Å². The summed E-state index contributed by atoms with van der Waals surface area (Å²) in [6, 6.07) is 6.88. The highest BCUT2D eigenvalue weighted by Crippen LogP contribution is 2.24. The molecular formula is C17H28N2O. The van der Waals surface area contributed by atoms with E-state index in [2.05, 4.69) is 42.3 Å². The Morgan fingerprint density at radius 1 is 1.30 bits per heavy atom. The van der Waals surface area contributed by atoms with Gasteiger partial charge in [-0.3, -0.25) is 0 Å². The van der Waals surface area contributed by atoms with Gasteiger partial charge >= 0.3 is 0 Å². The van der Waals surface area contributed by atoms with Crippen molar-refractivity contribution in [3.63, 3.8) is 0 Å². The lowest BCUT2D eigenvalue weighted by atomic mass is 9.98. The summed E-state index contributed by atoms with van der Waals surface area (Å²) in [7, 11) is 1.74. The standard InChI is InChI=1S/C17H28N2O/c1-14-6-9-19(10-7-14)17-5-4-16(15(2)12-17)13-18-8-11-20-3/h4-5,12,14,18H,6-11,13H2,1-3H3. The van der Waals surface area contributed by atoms with Gasteiger partial charge in [0.15, 0.2) is 0 Å². The average molecular weight is 276 g/mol. The van der Waals surface area contributed by atoms with E-state index in [0.717, 1.165) is 25.6 Å². The van der Waals surface area contributed by atoms with Crippen molar-refractivity contribution in [3.05, 3.63) is 29.3 Å². The fourth-order valence-electron chi connectivity index (χ4n) is 2.74. The summed E-state index contributed by atoms with van der Waals surface area (Å²) in [6.07, 6.45) is 2.64. The van der Waals surface area contributed by atoms with Gasteiger partial charge in [-0.25, -0.2) is 0 Å². The number of aryl methyl sites for hydroxylation is 1. The minimum atomic E-state index is 0.767. The van der Waals surface area contributed by atoms with E-state index in [0.29, 0.717) is 0 Å². The Balaban J connectivity index is 1.91. The first-order valence-electron chi connectivity index (χ1n) is 7.75. The highest BCUT2D eigenvalue weighted by molar-refractivity contribution is 5.51. The Bertz CT molecular complexity index is 411. The first kappa shape index (κ1) is 15.3. The SMILES string of the molecule is COCCNCc1ccc(N2CCC(C)CC2)cc1C. The van der Waals surface area contributed by atoms with Gasteiger partial charge in [0, 0.05) is 39.0 Å². The molecule has 0 atom stereocenters. The molecule has 112 valence electrons. The molecule has 0 amide bonds. The molecule has 0 aliphatic carbocycles. The lowest BCUT2D eigenvalue weighted by molar-refractivity contribution is 0.199. The Morgan fingerprint density at radius 3 is 2.70 bits per heavy atom. The Labute approximate surface area is 123 Å². The molecule has 1 aromatic rings. The van der Waals surface area contributed by atoms with Crippen LogP contribution in [0.2, 0.25) is 0 Å². The van der Waals surface area contributed by atoms with Crippen LogP contribution in [0.25, 0.3) is 0 Å². The lowest BCUT2D eigenvalue weighted by Crippen LogP contribution is -2.32.